The molecule has 0 bridgehead atoms. The van der Waals surface area contributed by atoms with Crippen molar-refractivity contribution in [3.63, 3.8) is 0 Å². The summed E-state index contributed by atoms with van der Waals surface area (Å²) in [6.07, 6.45) is 1.82. The van der Waals surface area contributed by atoms with Gasteiger partial charge in [0.05, 0.1) is 12.7 Å². The van der Waals surface area contributed by atoms with Crippen LogP contribution in [-0.2, 0) is 13.0 Å². The number of furan rings is 1. The van der Waals surface area contributed by atoms with Crippen molar-refractivity contribution in [1.29, 1.82) is 0 Å². The van der Waals surface area contributed by atoms with Gasteiger partial charge in [-0.3, -0.25) is 9.78 Å². The number of nitrogens with one attached hydrogen (secondary N) is 2. The molecule has 1 aromatic carbocycles. The Hall–Kier alpha value is -2.96. The second-order valence-corrected chi connectivity index (χ2v) is 4.69. The normalized spacial score (nSPS) is 10.6. The quantitative estimate of drug-likeness (QED) is 0.754. The summed E-state index contributed by atoms with van der Waals surface area (Å²) in [5, 5.41) is 10.8. The molecule has 0 amide bonds. The number of hydrogen-bond acceptors (Lipinski definition) is 5. The summed E-state index contributed by atoms with van der Waals surface area (Å²) in [6.45, 7) is 0.405. The van der Waals surface area contributed by atoms with Crippen molar-refractivity contribution in [2.45, 2.75) is 13.0 Å². The highest BCUT2D eigenvalue weighted by atomic mass is 19.1. The van der Waals surface area contributed by atoms with E-state index >= 15 is 0 Å². The molecular weight excluding hydrogens is 287 g/mol. The van der Waals surface area contributed by atoms with Gasteiger partial charge < -0.3 is 9.73 Å². The number of anilines is 1. The summed E-state index contributed by atoms with van der Waals surface area (Å²) >= 11 is 0. The maximum Gasteiger partial charge on any atom is 0.274 e. The third kappa shape index (κ3) is 3.38. The molecule has 2 N–H and O–H groups in total. The molecule has 0 saturated carbocycles. The number of hydrogen-bond donors (Lipinski definition) is 2. The monoisotopic (exact) mass is 300 g/mol. The Morgan fingerprint density at radius 1 is 1.18 bits per heavy atom. The van der Waals surface area contributed by atoms with Crippen LogP contribution in [0.3, 0.4) is 0 Å². The van der Waals surface area contributed by atoms with Gasteiger partial charge in [-0.25, -0.2) is 4.39 Å². The number of nitrogens with zero attached hydrogens (tertiary/aromatic N) is 2. The van der Waals surface area contributed by atoms with E-state index in [-0.39, 0.29) is 29.4 Å². The molecule has 0 saturated heterocycles. The van der Waals surface area contributed by atoms with Crippen LogP contribution in [0, 0.1) is 5.82 Å². The molecular formula is C15H13FN4O2. The fourth-order valence-corrected chi connectivity index (χ4v) is 1.92. The van der Waals surface area contributed by atoms with E-state index in [2.05, 4.69) is 20.5 Å². The van der Waals surface area contributed by atoms with Crippen LogP contribution in [0.4, 0.5) is 10.3 Å². The topological polar surface area (TPSA) is 83.8 Å². The summed E-state index contributed by atoms with van der Waals surface area (Å²) in [5.41, 5.74) is 0.819. The van der Waals surface area contributed by atoms with Crippen LogP contribution < -0.4 is 10.9 Å². The van der Waals surface area contributed by atoms with E-state index < -0.39 is 0 Å². The highest BCUT2D eigenvalue weighted by Gasteiger charge is 2.07. The zero-order valence-corrected chi connectivity index (χ0v) is 11.5. The predicted octanol–water partition coefficient (Wildman–Crippen LogP) is 2.10. The molecule has 7 heteroatoms. The van der Waals surface area contributed by atoms with Crippen molar-refractivity contribution >= 4 is 5.95 Å². The van der Waals surface area contributed by atoms with E-state index in [0.29, 0.717) is 12.3 Å². The van der Waals surface area contributed by atoms with Crippen LogP contribution in [0.25, 0.3) is 0 Å². The van der Waals surface area contributed by atoms with Gasteiger partial charge in [-0.05, 0) is 29.8 Å². The Balaban J connectivity index is 1.66. The Morgan fingerprint density at radius 2 is 2.00 bits per heavy atom. The molecule has 22 heavy (non-hydrogen) atoms. The van der Waals surface area contributed by atoms with Gasteiger partial charge in [-0.1, -0.05) is 12.1 Å². The molecule has 0 unspecified atom stereocenters. The molecule has 3 aromatic rings. The highest BCUT2D eigenvalue weighted by molar-refractivity contribution is 5.26. The first-order valence-electron chi connectivity index (χ1n) is 6.67. The molecule has 2 aromatic heterocycles. The van der Waals surface area contributed by atoms with E-state index in [9.17, 15) is 9.18 Å². The van der Waals surface area contributed by atoms with Crippen LogP contribution in [-0.4, -0.2) is 15.2 Å². The Bertz CT molecular complexity index is 797. The first kappa shape index (κ1) is 14.0. The number of H-pyrrole nitrogens is 1. The Morgan fingerprint density at radius 3 is 2.68 bits per heavy atom. The molecule has 112 valence electrons. The van der Waals surface area contributed by atoms with Crippen LogP contribution >= 0.6 is 0 Å². The predicted molar refractivity (Wildman–Crippen MR) is 77.9 cm³/mol. The summed E-state index contributed by atoms with van der Waals surface area (Å²) in [4.78, 5) is 14.5. The molecule has 0 atom stereocenters. The molecule has 0 radical (unpaired) electrons. The lowest BCUT2D eigenvalue weighted by Gasteiger charge is -2.05. The first-order chi connectivity index (χ1) is 10.7. The van der Waals surface area contributed by atoms with Crippen molar-refractivity contribution in [1.82, 2.24) is 15.2 Å². The van der Waals surface area contributed by atoms with Crippen molar-refractivity contribution < 1.29 is 8.81 Å². The maximum atomic E-state index is 12.8. The average molecular weight is 300 g/mol. The molecule has 0 fully saturated rings. The molecule has 0 aliphatic heterocycles. The first-order valence-corrected chi connectivity index (χ1v) is 6.67. The van der Waals surface area contributed by atoms with Gasteiger partial charge in [-0.2, -0.15) is 0 Å². The van der Waals surface area contributed by atoms with E-state index in [1.165, 1.54) is 18.4 Å². The lowest BCUT2D eigenvalue weighted by Crippen LogP contribution is -2.19. The van der Waals surface area contributed by atoms with Gasteiger partial charge >= 0.3 is 0 Å². The van der Waals surface area contributed by atoms with E-state index in [1.807, 2.05) is 0 Å². The second kappa shape index (κ2) is 6.21. The number of halogens is 1. The highest BCUT2D eigenvalue weighted by Crippen LogP contribution is 2.06. The molecule has 0 spiro atoms. The standard InChI is InChI=1S/C15H13FN4O2/c16-11-5-3-10(4-6-11)9-17-15-18-14(21)13(19-20-15)8-12-2-1-7-22-12/h1-7H,8-9H2,(H2,17,18,20,21). The minimum absolute atomic E-state index is 0.262. The zero-order valence-electron chi connectivity index (χ0n) is 11.5. The molecule has 0 aliphatic rings. The lowest BCUT2D eigenvalue weighted by molar-refractivity contribution is 0.517. The Kier molecular flexibility index (Phi) is 3.95. The lowest BCUT2D eigenvalue weighted by atomic mass is 10.2. The van der Waals surface area contributed by atoms with Crippen LogP contribution in [0.2, 0.25) is 0 Å². The smallest absolute Gasteiger partial charge is 0.274 e. The van der Waals surface area contributed by atoms with Gasteiger partial charge in [0, 0.05) is 6.54 Å². The number of rotatable bonds is 5. The summed E-state index contributed by atoms with van der Waals surface area (Å²) in [7, 11) is 0. The number of aromatic nitrogens is 3. The van der Waals surface area contributed by atoms with Gasteiger partial charge in [0.1, 0.15) is 17.3 Å². The maximum absolute atomic E-state index is 12.8. The molecule has 3 rings (SSSR count). The summed E-state index contributed by atoms with van der Waals surface area (Å²) in [6, 6.07) is 9.56. The van der Waals surface area contributed by atoms with Crippen molar-refractivity contribution in [3.8, 4) is 0 Å². The largest absolute Gasteiger partial charge is 0.469 e. The Labute approximate surface area is 125 Å². The summed E-state index contributed by atoms with van der Waals surface area (Å²) in [5.74, 6) is 0.614. The van der Waals surface area contributed by atoms with Crippen LogP contribution in [0.1, 0.15) is 17.0 Å². The number of benzene rings is 1. The average Bonchev–Trinajstić information content (AvgIpc) is 3.02. The summed E-state index contributed by atoms with van der Waals surface area (Å²) < 4.78 is 18.0. The molecule has 2 heterocycles. The van der Waals surface area contributed by atoms with Gasteiger partial charge in [0.15, 0.2) is 0 Å². The van der Waals surface area contributed by atoms with E-state index in [1.54, 1.807) is 24.3 Å². The van der Waals surface area contributed by atoms with Gasteiger partial charge in [-0.15, -0.1) is 10.2 Å². The van der Waals surface area contributed by atoms with Crippen molar-refractivity contribution in [2.24, 2.45) is 0 Å². The van der Waals surface area contributed by atoms with E-state index in [0.717, 1.165) is 5.56 Å². The fourth-order valence-electron chi connectivity index (χ4n) is 1.92. The zero-order chi connectivity index (χ0) is 15.4. The minimum atomic E-state index is -0.326. The van der Waals surface area contributed by atoms with Crippen LogP contribution in [0.5, 0.6) is 0 Å². The number of aromatic amines is 1. The SMILES string of the molecule is O=c1[nH]c(NCc2ccc(F)cc2)nnc1Cc1ccco1. The van der Waals surface area contributed by atoms with Gasteiger partial charge in [0.2, 0.25) is 5.95 Å². The van der Waals surface area contributed by atoms with Gasteiger partial charge in [0.25, 0.3) is 5.56 Å². The molecule has 0 aliphatic carbocycles. The van der Waals surface area contributed by atoms with E-state index in [4.69, 9.17) is 4.42 Å². The van der Waals surface area contributed by atoms with Crippen LogP contribution in [0.15, 0.2) is 51.9 Å². The molecule has 6 nitrogen and oxygen atoms in total. The van der Waals surface area contributed by atoms with Crippen molar-refractivity contribution in [2.75, 3.05) is 5.32 Å². The third-order valence-corrected chi connectivity index (χ3v) is 3.06. The fraction of sp³-hybridized carbons (Fsp3) is 0.133. The minimum Gasteiger partial charge on any atom is -0.469 e. The third-order valence-electron chi connectivity index (χ3n) is 3.06. The van der Waals surface area contributed by atoms with Crippen molar-refractivity contribution in [3.05, 3.63) is 75.9 Å². The second-order valence-electron chi connectivity index (χ2n) is 4.69.